The second kappa shape index (κ2) is 16.9. The summed E-state index contributed by atoms with van der Waals surface area (Å²) in [6.07, 6.45) is 14.3. The van der Waals surface area contributed by atoms with Gasteiger partial charge in [0.15, 0.2) is 0 Å². The molecule has 0 atom stereocenters. The Morgan fingerprint density at radius 2 is 0.581 bits per heavy atom. The lowest BCUT2D eigenvalue weighted by atomic mass is 9.77. The smallest absolute Gasteiger partial charge is 0.454 e. The van der Waals surface area contributed by atoms with E-state index in [2.05, 4.69) is 62.3 Å². The summed E-state index contributed by atoms with van der Waals surface area (Å²) in [5.74, 6) is 0. The first-order valence-electron chi connectivity index (χ1n) is 13.7. The van der Waals surface area contributed by atoms with Gasteiger partial charge in [-0.3, -0.25) is 0 Å². The van der Waals surface area contributed by atoms with Gasteiger partial charge in [0.05, 0.1) is 0 Å². The molecule has 0 aromatic rings. The van der Waals surface area contributed by atoms with Crippen molar-refractivity contribution >= 4 is 15.1 Å². The molecule has 0 aromatic heterocycles. The monoisotopic (exact) mass is 456 g/mol. The Balaban J connectivity index is 4.91. The normalized spacial score (nSPS) is 13.1. The minimum absolute atomic E-state index is 0.405. The van der Waals surface area contributed by atoms with Crippen LogP contribution in [-0.2, 0) is 11.4 Å². The summed E-state index contributed by atoms with van der Waals surface area (Å²) in [6.45, 7) is 23.1. The highest BCUT2D eigenvalue weighted by molar-refractivity contribution is 6.36. The third-order valence-electron chi connectivity index (χ3n) is 9.41. The van der Waals surface area contributed by atoms with E-state index in [1.807, 2.05) is 0 Å². The number of hydrogen-bond acceptors (Lipinski definition) is 3. The van der Waals surface area contributed by atoms with E-state index in [9.17, 15) is 0 Å². The molecular weight excluding hydrogens is 399 g/mol. The minimum Gasteiger partial charge on any atom is -0.454 e. The summed E-state index contributed by atoms with van der Waals surface area (Å²) in [4.78, 5) is 0. The van der Waals surface area contributed by atoms with Crippen molar-refractivity contribution in [1.82, 2.24) is 0 Å². The SMILES string of the molecule is CCC(CC)(CC)CC[O][Al]([O]CCC(CC)(CC)CC)[O]CCC(CC)(CC)CC. The van der Waals surface area contributed by atoms with Crippen LogP contribution in [0.2, 0.25) is 0 Å². The van der Waals surface area contributed by atoms with E-state index < -0.39 is 15.1 Å². The Morgan fingerprint density at radius 3 is 0.742 bits per heavy atom. The lowest BCUT2D eigenvalue weighted by Gasteiger charge is -2.32. The Labute approximate surface area is 201 Å². The van der Waals surface area contributed by atoms with Crippen LogP contribution in [-0.4, -0.2) is 35.0 Å². The Kier molecular flexibility index (Phi) is 17.2. The number of rotatable bonds is 21. The van der Waals surface area contributed by atoms with E-state index in [0.29, 0.717) is 16.2 Å². The maximum absolute atomic E-state index is 6.33. The highest BCUT2D eigenvalue weighted by atomic mass is 27.3. The fraction of sp³-hybridized carbons (Fsp3) is 1.00. The maximum atomic E-state index is 6.33. The van der Waals surface area contributed by atoms with Crippen LogP contribution in [0, 0.1) is 16.2 Å². The average Bonchev–Trinajstić information content (AvgIpc) is 2.83. The van der Waals surface area contributed by atoms with Gasteiger partial charge in [0.25, 0.3) is 0 Å². The zero-order chi connectivity index (χ0) is 23.8. The van der Waals surface area contributed by atoms with Crippen LogP contribution in [0.15, 0.2) is 0 Å². The summed E-state index contributed by atoms with van der Waals surface area (Å²) in [5, 5.41) is 0. The molecule has 0 aliphatic carbocycles. The molecule has 0 unspecified atom stereocenters. The minimum atomic E-state index is -2.10. The molecule has 0 saturated carbocycles. The predicted octanol–water partition coefficient (Wildman–Crippen LogP) is 8.84. The number of hydrogen-bond donors (Lipinski definition) is 0. The van der Waals surface area contributed by atoms with Crippen molar-refractivity contribution in [2.45, 2.75) is 139 Å². The first-order chi connectivity index (χ1) is 14.8. The molecule has 31 heavy (non-hydrogen) atoms. The molecule has 0 radical (unpaired) electrons. The van der Waals surface area contributed by atoms with Crippen molar-refractivity contribution in [2.24, 2.45) is 16.2 Å². The molecule has 0 saturated heterocycles. The summed E-state index contributed by atoms with van der Waals surface area (Å²) in [6, 6.07) is 0. The van der Waals surface area contributed by atoms with Crippen LogP contribution in [0.4, 0.5) is 0 Å². The third-order valence-corrected chi connectivity index (χ3v) is 10.9. The van der Waals surface area contributed by atoms with Crippen LogP contribution in [0.5, 0.6) is 0 Å². The molecule has 0 amide bonds. The van der Waals surface area contributed by atoms with Gasteiger partial charge in [-0.15, -0.1) is 0 Å². The van der Waals surface area contributed by atoms with Gasteiger partial charge in [-0.25, -0.2) is 0 Å². The summed E-state index contributed by atoms with van der Waals surface area (Å²) in [7, 11) is 0. The molecular formula is C27H57AlO3. The van der Waals surface area contributed by atoms with Crippen molar-refractivity contribution in [1.29, 1.82) is 0 Å². The molecule has 0 aromatic carbocycles. The summed E-state index contributed by atoms with van der Waals surface area (Å²) in [5.41, 5.74) is 1.22. The van der Waals surface area contributed by atoms with Gasteiger partial charge in [-0.2, -0.15) is 0 Å². The van der Waals surface area contributed by atoms with Gasteiger partial charge in [-0.1, -0.05) is 120 Å². The molecule has 0 aliphatic heterocycles. The van der Waals surface area contributed by atoms with Gasteiger partial charge in [0.2, 0.25) is 0 Å². The molecule has 0 spiro atoms. The van der Waals surface area contributed by atoms with E-state index in [1.165, 1.54) is 57.8 Å². The lowest BCUT2D eigenvalue weighted by molar-refractivity contribution is 0.0521. The molecule has 0 N–H and O–H groups in total. The predicted molar refractivity (Wildman–Crippen MR) is 137 cm³/mol. The molecule has 0 fully saturated rings. The van der Waals surface area contributed by atoms with Gasteiger partial charge < -0.3 is 11.4 Å². The maximum Gasteiger partial charge on any atom is 0.905 e. The fourth-order valence-corrected chi connectivity index (χ4v) is 6.32. The standard InChI is InChI=1S/3C9H19O.Al/c3*1-4-9(5-2,6-3)7-8-10;/h3*4-8H2,1-3H3;/q3*-1;+3. The van der Waals surface area contributed by atoms with Crippen molar-refractivity contribution in [3.63, 3.8) is 0 Å². The van der Waals surface area contributed by atoms with Crippen LogP contribution in [0.1, 0.15) is 139 Å². The quantitative estimate of drug-likeness (QED) is 0.161. The van der Waals surface area contributed by atoms with Crippen molar-refractivity contribution in [3.8, 4) is 0 Å². The van der Waals surface area contributed by atoms with Gasteiger partial charge in [0.1, 0.15) is 0 Å². The van der Waals surface area contributed by atoms with Gasteiger partial charge in [-0.05, 0) is 35.5 Å². The summed E-state index contributed by atoms with van der Waals surface area (Å²) < 4.78 is 19.0. The third kappa shape index (κ3) is 10.5. The average molecular weight is 457 g/mol. The highest BCUT2D eigenvalue weighted by Crippen LogP contribution is 2.36. The fourth-order valence-electron chi connectivity index (χ4n) is 5.10. The second-order valence-electron chi connectivity index (χ2n) is 9.83. The lowest BCUT2D eigenvalue weighted by Crippen LogP contribution is -2.33. The molecule has 3 nitrogen and oxygen atoms in total. The van der Waals surface area contributed by atoms with Crippen LogP contribution >= 0.6 is 0 Å². The zero-order valence-electron chi connectivity index (χ0n) is 22.9. The molecule has 0 aliphatic rings. The van der Waals surface area contributed by atoms with E-state index in [4.69, 9.17) is 11.4 Å². The second-order valence-corrected chi connectivity index (χ2v) is 11.4. The van der Waals surface area contributed by atoms with Crippen molar-refractivity contribution in [2.75, 3.05) is 19.8 Å². The first kappa shape index (κ1) is 31.4. The molecule has 4 heteroatoms. The van der Waals surface area contributed by atoms with Crippen molar-refractivity contribution in [3.05, 3.63) is 0 Å². The molecule has 0 heterocycles. The molecule has 0 rings (SSSR count). The highest BCUT2D eigenvalue weighted by Gasteiger charge is 2.35. The van der Waals surface area contributed by atoms with Crippen molar-refractivity contribution < 1.29 is 11.4 Å². The van der Waals surface area contributed by atoms with E-state index in [1.54, 1.807) is 0 Å². The largest absolute Gasteiger partial charge is 0.905 e. The Bertz CT molecular complexity index is 328. The van der Waals surface area contributed by atoms with E-state index in [-0.39, 0.29) is 0 Å². The molecule has 0 bridgehead atoms. The topological polar surface area (TPSA) is 27.7 Å². The van der Waals surface area contributed by atoms with E-state index in [0.717, 1.165) is 39.1 Å². The molecule has 186 valence electrons. The summed E-state index contributed by atoms with van der Waals surface area (Å²) >= 11 is -2.10. The van der Waals surface area contributed by atoms with Crippen LogP contribution in [0.3, 0.4) is 0 Å². The Hall–Kier alpha value is 0.412. The van der Waals surface area contributed by atoms with Crippen LogP contribution < -0.4 is 0 Å². The first-order valence-corrected chi connectivity index (χ1v) is 15.1. The Morgan fingerprint density at radius 1 is 0.387 bits per heavy atom. The zero-order valence-corrected chi connectivity index (χ0v) is 24.1. The van der Waals surface area contributed by atoms with Gasteiger partial charge in [0, 0.05) is 19.8 Å². The van der Waals surface area contributed by atoms with Gasteiger partial charge >= 0.3 is 15.1 Å². The van der Waals surface area contributed by atoms with E-state index >= 15 is 0 Å². The van der Waals surface area contributed by atoms with Crippen LogP contribution in [0.25, 0.3) is 0 Å².